The smallest absolute Gasteiger partial charge is 0.137 e. The molecule has 4 nitrogen and oxygen atoms in total. The average molecular weight is 350 g/mol. The van der Waals surface area contributed by atoms with E-state index in [1.165, 1.54) is 0 Å². The second-order valence-corrected chi connectivity index (χ2v) is 10.2. The van der Waals surface area contributed by atoms with Crippen LogP contribution in [0.1, 0.15) is 72.1 Å². The third kappa shape index (κ3) is 2.20. The molecule has 0 aromatic carbocycles. The van der Waals surface area contributed by atoms with Crippen LogP contribution in [0.5, 0.6) is 0 Å². The lowest BCUT2D eigenvalue weighted by Gasteiger charge is -2.60. The van der Waals surface area contributed by atoms with Gasteiger partial charge in [-0.05, 0) is 75.0 Å². The minimum Gasteiger partial charge on any atom is -0.393 e. The molecule has 25 heavy (non-hydrogen) atoms. The van der Waals surface area contributed by atoms with Gasteiger partial charge >= 0.3 is 0 Å². The zero-order valence-electron chi connectivity index (χ0n) is 15.9. The van der Waals surface area contributed by atoms with E-state index in [4.69, 9.17) is 0 Å². The van der Waals surface area contributed by atoms with Crippen LogP contribution in [-0.4, -0.2) is 38.9 Å². The van der Waals surface area contributed by atoms with Crippen molar-refractivity contribution in [1.82, 2.24) is 0 Å². The van der Waals surface area contributed by atoms with E-state index in [0.29, 0.717) is 36.4 Å². The number of aliphatic hydroxyl groups is 3. The largest absolute Gasteiger partial charge is 0.393 e. The van der Waals surface area contributed by atoms with Crippen LogP contribution in [-0.2, 0) is 4.79 Å². The fraction of sp³-hybridized carbons (Fsp3) is 0.952. The fourth-order valence-corrected chi connectivity index (χ4v) is 7.77. The van der Waals surface area contributed by atoms with E-state index < -0.39 is 17.1 Å². The van der Waals surface area contributed by atoms with E-state index in [1.54, 1.807) is 6.92 Å². The van der Waals surface area contributed by atoms with Crippen molar-refractivity contribution in [2.24, 2.45) is 34.5 Å². The zero-order valence-corrected chi connectivity index (χ0v) is 15.9. The van der Waals surface area contributed by atoms with Crippen LogP contribution < -0.4 is 0 Å². The van der Waals surface area contributed by atoms with Gasteiger partial charge in [-0.1, -0.05) is 13.8 Å². The van der Waals surface area contributed by atoms with Crippen molar-refractivity contribution in [3.63, 3.8) is 0 Å². The molecule has 0 saturated heterocycles. The Morgan fingerprint density at radius 3 is 2.52 bits per heavy atom. The predicted molar refractivity (Wildman–Crippen MR) is 94.8 cm³/mol. The third-order valence-electron chi connectivity index (χ3n) is 9.23. The minimum absolute atomic E-state index is 0.00605. The van der Waals surface area contributed by atoms with E-state index in [2.05, 4.69) is 6.92 Å². The lowest BCUT2D eigenvalue weighted by Crippen LogP contribution is -2.62. The number of carbonyl (C=O) groups is 1. The topological polar surface area (TPSA) is 77.8 Å². The normalized spacial score (nSPS) is 56.7. The summed E-state index contributed by atoms with van der Waals surface area (Å²) in [5, 5.41) is 31.6. The maximum absolute atomic E-state index is 13.4. The van der Waals surface area contributed by atoms with E-state index in [-0.39, 0.29) is 17.4 Å². The number of hydrogen-bond acceptors (Lipinski definition) is 4. The molecule has 4 fully saturated rings. The van der Waals surface area contributed by atoms with Gasteiger partial charge in [-0.25, -0.2) is 0 Å². The molecule has 4 saturated carbocycles. The molecule has 3 N–H and O–H groups in total. The molecule has 0 aromatic rings. The molecule has 0 amide bonds. The summed E-state index contributed by atoms with van der Waals surface area (Å²) in [6, 6.07) is 0. The van der Waals surface area contributed by atoms with Crippen molar-refractivity contribution in [2.75, 3.05) is 0 Å². The van der Waals surface area contributed by atoms with Crippen molar-refractivity contribution < 1.29 is 20.1 Å². The Kier molecular flexibility index (Phi) is 3.97. The van der Waals surface area contributed by atoms with Gasteiger partial charge in [-0.15, -0.1) is 0 Å². The Bertz CT molecular complexity index is 574. The number of rotatable bonds is 1. The highest BCUT2D eigenvalue weighted by Crippen LogP contribution is 2.67. The molecule has 0 heterocycles. The number of fused-ring (bicyclic) bond motifs is 5. The second kappa shape index (κ2) is 5.53. The summed E-state index contributed by atoms with van der Waals surface area (Å²) in [5.41, 5.74) is -1.64. The molecular formula is C21H34O4. The van der Waals surface area contributed by atoms with Gasteiger partial charge in [0.05, 0.1) is 17.8 Å². The number of Topliss-reactive ketones (excluding diaryl/α,β-unsaturated/α-hetero) is 1. The summed E-state index contributed by atoms with van der Waals surface area (Å²) >= 11 is 0. The highest BCUT2D eigenvalue weighted by Gasteiger charge is 2.68. The fourth-order valence-electron chi connectivity index (χ4n) is 7.77. The van der Waals surface area contributed by atoms with Crippen molar-refractivity contribution in [1.29, 1.82) is 0 Å². The molecule has 0 radical (unpaired) electrons. The molecule has 0 aromatic heterocycles. The standard InChI is InChI=1S/C21H34O4/c1-12(22)21(25)9-7-16-15-5-4-13-10-14(23)6-8-19(13,2)18(15)17(24)11-20(16,21)3/h12-16,18,22-23,25H,4-11H2,1-3H3/t12-,13-,14-,15-,16-,18+,19-,20-,21+/m0/s1. The average Bonchev–Trinajstić information content (AvgIpc) is 2.80. The molecule has 0 aliphatic heterocycles. The van der Waals surface area contributed by atoms with Crippen LogP contribution in [0, 0.1) is 34.5 Å². The SMILES string of the molecule is C[C@H](O)[C@]1(O)CC[C@H]2[C@@H]3CC[C@H]4C[C@@H](O)CC[C@]4(C)[C@H]3C(=O)C[C@@]21C. The Labute approximate surface area is 151 Å². The maximum atomic E-state index is 13.4. The number of hydrogen-bond donors (Lipinski definition) is 3. The van der Waals surface area contributed by atoms with Gasteiger partial charge in [0.25, 0.3) is 0 Å². The first-order valence-electron chi connectivity index (χ1n) is 10.2. The van der Waals surface area contributed by atoms with Gasteiger partial charge in [0.2, 0.25) is 0 Å². The highest BCUT2D eigenvalue weighted by molar-refractivity contribution is 5.84. The van der Waals surface area contributed by atoms with Gasteiger partial charge < -0.3 is 15.3 Å². The van der Waals surface area contributed by atoms with Crippen molar-refractivity contribution in [3.8, 4) is 0 Å². The van der Waals surface area contributed by atoms with Crippen LogP contribution in [0.2, 0.25) is 0 Å². The van der Waals surface area contributed by atoms with Gasteiger partial charge in [0.15, 0.2) is 0 Å². The maximum Gasteiger partial charge on any atom is 0.137 e. The highest BCUT2D eigenvalue weighted by atomic mass is 16.3. The lowest BCUT2D eigenvalue weighted by molar-refractivity contribution is -0.190. The molecule has 0 unspecified atom stereocenters. The van der Waals surface area contributed by atoms with E-state index in [0.717, 1.165) is 38.5 Å². The van der Waals surface area contributed by atoms with Crippen molar-refractivity contribution >= 4 is 5.78 Å². The van der Waals surface area contributed by atoms with Crippen LogP contribution >= 0.6 is 0 Å². The number of ketones is 1. The molecule has 0 bridgehead atoms. The lowest BCUT2D eigenvalue weighted by atomic mass is 9.44. The van der Waals surface area contributed by atoms with Gasteiger partial charge in [0, 0.05) is 17.8 Å². The van der Waals surface area contributed by atoms with E-state index in [1.807, 2.05) is 6.92 Å². The molecule has 4 aliphatic rings. The van der Waals surface area contributed by atoms with Crippen molar-refractivity contribution in [3.05, 3.63) is 0 Å². The molecule has 0 spiro atoms. The molecule has 9 atom stereocenters. The van der Waals surface area contributed by atoms with Crippen LogP contribution in [0.15, 0.2) is 0 Å². The Balaban J connectivity index is 1.70. The number of carbonyl (C=O) groups excluding carboxylic acids is 1. The summed E-state index contributed by atoms with van der Waals surface area (Å²) in [6.07, 6.45) is 5.60. The Morgan fingerprint density at radius 1 is 1.12 bits per heavy atom. The predicted octanol–water partition coefficient (Wildman–Crippen LogP) is 2.68. The first kappa shape index (κ1) is 17.9. The van der Waals surface area contributed by atoms with Gasteiger partial charge in [-0.3, -0.25) is 4.79 Å². The van der Waals surface area contributed by atoms with E-state index >= 15 is 0 Å². The van der Waals surface area contributed by atoms with Gasteiger partial charge in [-0.2, -0.15) is 0 Å². The first-order valence-corrected chi connectivity index (χ1v) is 10.2. The van der Waals surface area contributed by atoms with Crippen molar-refractivity contribution in [2.45, 2.75) is 89.9 Å². The summed E-state index contributed by atoms with van der Waals surface area (Å²) in [5.74, 6) is 1.47. The summed E-state index contributed by atoms with van der Waals surface area (Å²) < 4.78 is 0. The summed E-state index contributed by atoms with van der Waals surface area (Å²) in [7, 11) is 0. The molecule has 4 aliphatic carbocycles. The molecule has 142 valence electrons. The van der Waals surface area contributed by atoms with Crippen LogP contribution in [0.25, 0.3) is 0 Å². The zero-order chi connectivity index (χ0) is 18.2. The van der Waals surface area contributed by atoms with Crippen LogP contribution in [0.4, 0.5) is 0 Å². The monoisotopic (exact) mass is 350 g/mol. The molecule has 4 rings (SSSR count). The number of aliphatic hydroxyl groups excluding tert-OH is 2. The Morgan fingerprint density at radius 2 is 1.84 bits per heavy atom. The van der Waals surface area contributed by atoms with Crippen LogP contribution in [0.3, 0.4) is 0 Å². The van der Waals surface area contributed by atoms with Gasteiger partial charge in [0.1, 0.15) is 5.78 Å². The first-order chi connectivity index (χ1) is 11.6. The van der Waals surface area contributed by atoms with E-state index in [9.17, 15) is 20.1 Å². The summed E-state index contributed by atoms with van der Waals surface area (Å²) in [4.78, 5) is 13.4. The minimum atomic E-state index is -1.14. The molecule has 4 heteroatoms. The Hall–Kier alpha value is -0.450. The third-order valence-corrected chi connectivity index (χ3v) is 9.23. The second-order valence-electron chi connectivity index (χ2n) is 10.2. The molecular weight excluding hydrogens is 316 g/mol. The quantitative estimate of drug-likeness (QED) is 0.679. The summed E-state index contributed by atoms with van der Waals surface area (Å²) in [6.45, 7) is 6.01.